The van der Waals surface area contributed by atoms with Gasteiger partial charge in [0.05, 0.1) is 0 Å². The number of nitrogens with one attached hydrogen (secondary N) is 2. The van der Waals surface area contributed by atoms with E-state index in [0.717, 1.165) is 36.7 Å². The molecule has 2 aromatic carbocycles. The number of rotatable bonds is 3. The van der Waals surface area contributed by atoms with E-state index < -0.39 is 0 Å². The smallest absolute Gasteiger partial charge is 0.125 e. The highest BCUT2D eigenvalue weighted by Crippen LogP contribution is 2.38. The average molecular weight is 358 g/mol. The SMILES string of the molecule is Oc1cccc2[nH]c3c(c12)CC(CC1CC(c2ccccc2)=CCN1)CC3. The summed E-state index contributed by atoms with van der Waals surface area (Å²) in [5, 5.41) is 15.1. The Morgan fingerprint density at radius 2 is 1.89 bits per heavy atom. The molecule has 0 spiro atoms. The first-order chi connectivity index (χ1) is 13.3. The van der Waals surface area contributed by atoms with Crippen molar-refractivity contribution in [3.63, 3.8) is 0 Å². The third-order valence-corrected chi connectivity index (χ3v) is 6.27. The summed E-state index contributed by atoms with van der Waals surface area (Å²) < 4.78 is 0. The first-order valence-corrected chi connectivity index (χ1v) is 10.1. The minimum Gasteiger partial charge on any atom is -0.507 e. The topological polar surface area (TPSA) is 48.0 Å². The van der Waals surface area contributed by atoms with Gasteiger partial charge in [0.15, 0.2) is 0 Å². The molecular formula is C24H26N2O. The van der Waals surface area contributed by atoms with Crippen LogP contribution in [0.15, 0.2) is 54.6 Å². The van der Waals surface area contributed by atoms with E-state index in [0.29, 0.717) is 17.7 Å². The molecule has 3 nitrogen and oxygen atoms in total. The Kier molecular flexibility index (Phi) is 4.25. The van der Waals surface area contributed by atoms with Gasteiger partial charge < -0.3 is 15.4 Å². The van der Waals surface area contributed by atoms with E-state index in [1.165, 1.54) is 35.2 Å². The zero-order chi connectivity index (χ0) is 18.2. The normalized spacial score (nSPS) is 22.4. The highest BCUT2D eigenvalue weighted by Gasteiger charge is 2.27. The second-order valence-electron chi connectivity index (χ2n) is 8.03. The number of phenols is 1. The van der Waals surface area contributed by atoms with Gasteiger partial charge in [0.2, 0.25) is 0 Å². The van der Waals surface area contributed by atoms with Gasteiger partial charge in [-0.05, 0) is 66.9 Å². The molecule has 2 atom stereocenters. The largest absolute Gasteiger partial charge is 0.507 e. The lowest BCUT2D eigenvalue weighted by molar-refractivity contribution is 0.356. The molecule has 27 heavy (non-hydrogen) atoms. The highest BCUT2D eigenvalue weighted by molar-refractivity contribution is 5.90. The molecular weight excluding hydrogens is 332 g/mol. The van der Waals surface area contributed by atoms with E-state index in [1.54, 1.807) is 6.07 Å². The molecule has 0 saturated carbocycles. The second kappa shape index (κ2) is 6.90. The van der Waals surface area contributed by atoms with Gasteiger partial charge in [-0.15, -0.1) is 0 Å². The van der Waals surface area contributed by atoms with Crippen LogP contribution in [0.3, 0.4) is 0 Å². The molecule has 0 amide bonds. The number of benzene rings is 2. The monoisotopic (exact) mass is 358 g/mol. The molecule has 5 rings (SSSR count). The van der Waals surface area contributed by atoms with Crippen LogP contribution < -0.4 is 5.32 Å². The van der Waals surface area contributed by atoms with Crippen LogP contribution in [0.5, 0.6) is 5.75 Å². The summed E-state index contributed by atoms with van der Waals surface area (Å²) in [5.41, 5.74) is 6.57. The highest BCUT2D eigenvalue weighted by atomic mass is 16.3. The zero-order valence-corrected chi connectivity index (χ0v) is 15.5. The number of aromatic hydroxyl groups is 1. The van der Waals surface area contributed by atoms with E-state index in [9.17, 15) is 5.11 Å². The van der Waals surface area contributed by atoms with Crippen LogP contribution >= 0.6 is 0 Å². The van der Waals surface area contributed by atoms with Crippen LogP contribution in [0.1, 0.15) is 36.1 Å². The summed E-state index contributed by atoms with van der Waals surface area (Å²) >= 11 is 0. The lowest BCUT2D eigenvalue weighted by Gasteiger charge is -2.30. The van der Waals surface area contributed by atoms with Crippen molar-refractivity contribution in [1.29, 1.82) is 0 Å². The van der Waals surface area contributed by atoms with Crippen molar-refractivity contribution in [2.45, 2.75) is 38.1 Å². The van der Waals surface area contributed by atoms with Gasteiger partial charge in [0, 0.05) is 29.2 Å². The summed E-state index contributed by atoms with van der Waals surface area (Å²) in [6.07, 6.45) is 8.01. The Bertz CT molecular complexity index is 986. The lowest BCUT2D eigenvalue weighted by Crippen LogP contribution is -2.35. The summed E-state index contributed by atoms with van der Waals surface area (Å²) in [4.78, 5) is 3.52. The predicted molar refractivity (Wildman–Crippen MR) is 111 cm³/mol. The molecule has 1 aliphatic carbocycles. The van der Waals surface area contributed by atoms with E-state index in [4.69, 9.17) is 0 Å². The van der Waals surface area contributed by atoms with Crippen LogP contribution in [0.25, 0.3) is 16.5 Å². The van der Waals surface area contributed by atoms with Crippen molar-refractivity contribution in [3.05, 3.63) is 71.4 Å². The van der Waals surface area contributed by atoms with Gasteiger partial charge in [-0.1, -0.05) is 42.5 Å². The van der Waals surface area contributed by atoms with Crippen molar-refractivity contribution < 1.29 is 5.11 Å². The molecule has 2 heterocycles. The van der Waals surface area contributed by atoms with E-state index in [2.05, 4.69) is 52.8 Å². The fourth-order valence-corrected chi connectivity index (χ4v) is 4.96. The molecule has 3 heteroatoms. The first kappa shape index (κ1) is 16.6. The Balaban J connectivity index is 1.32. The Labute approximate surface area is 160 Å². The molecule has 0 fully saturated rings. The summed E-state index contributed by atoms with van der Waals surface area (Å²) in [6.45, 7) is 0.959. The fraction of sp³-hybridized carbons (Fsp3) is 0.333. The fourth-order valence-electron chi connectivity index (χ4n) is 4.96. The van der Waals surface area contributed by atoms with Crippen molar-refractivity contribution in [1.82, 2.24) is 10.3 Å². The summed E-state index contributed by atoms with van der Waals surface area (Å²) in [5.74, 6) is 1.08. The number of hydrogen-bond acceptors (Lipinski definition) is 2. The van der Waals surface area contributed by atoms with Crippen LogP contribution in [-0.2, 0) is 12.8 Å². The minimum atomic E-state index is 0.413. The summed E-state index contributed by atoms with van der Waals surface area (Å²) in [6, 6.07) is 17.1. The van der Waals surface area contributed by atoms with Gasteiger partial charge in [0.25, 0.3) is 0 Å². The van der Waals surface area contributed by atoms with Crippen molar-refractivity contribution in [2.24, 2.45) is 5.92 Å². The molecule has 2 aliphatic rings. The number of fused-ring (bicyclic) bond motifs is 3. The van der Waals surface area contributed by atoms with Gasteiger partial charge in [0.1, 0.15) is 5.75 Å². The Morgan fingerprint density at radius 3 is 2.78 bits per heavy atom. The van der Waals surface area contributed by atoms with Crippen LogP contribution in [-0.4, -0.2) is 22.7 Å². The van der Waals surface area contributed by atoms with Gasteiger partial charge >= 0.3 is 0 Å². The average Bonchev–Trinajstić information content (AvgIpc) is 3.08. The van der Waals surface area contributed by atoms with Crippen LogP contribution in [0.4, 0.5) is 0 Å². The number of phenolic OH excluding ortho intramolecular Hbond substituents is 1. The molecule has 3 N–H and O–H groups in total. The van der Waals surface area contributed by atoms with E-state index in [-0.39, 0.29) is 0 Å². The zero-order valence-electron chi connectivity index (χ0n) is 15.5. The van der Waals surface area contributed by atoms with E-state index in [1.807, 2.05) is 6.07 Å². The van der Waals surface area contributed by atoms with Crippen LogP contribution in [0, 0.1) is 5.92 Å². The number of hydrogen-bond donors (Lipinski definition) is 3. The molecule has 0 saturated heterocycles. The second-order valence-corrected chi connectivity index (χ2v) is 8.03. The summed E-state index contributed by atoms with van der Waals surface area (Å²) in [7, 11) is 0. The van der Waals surface area contributed by atoms with Crippen molar-refractivity contribution in [2.75, 3.05) is 6.54 Å². The number of aromatic nitrogens is 1. The minimum absolute atomic E-state index is 0.413. The standard InChI is InChI=1S/C24H26N2O/c27-23-8-4-7-22-24(23)20-14-16(9-10-21(20)26-22)13-19-15-18(11-12-25-19)17-5-2-1-3-6-17/h1-8,11,16,19,25-27H,9-10,12-15H2. The molecule has 0 radical (unpaired) electrons. The quantitative estimate of drug-likeness (QED) is 0.629. The molecule has 1 aromatic heterocycles. The maximum atomic E-state index is 10.3. The Morgan fingerprint density at radius 1 is 1.00 bits per heavy atom. The number of aromatic amines is 1. The third kappa shape index (κ3) is 3.17. The predicted octanol–water partition coefficient (Wildman–Crippen LogP) is 4.81. The van der Waals surface area contributed by atoms with Gasteiger partial charge in [-0.2, -0.15) is 0 Å². The van der Waals surface area contributed by atoms with Crippen molar-refractivity contribution >= 4 is 16.5 Å². The molecule has 3 aromatic rings. The number of aryl methyl sites for hydroxylation is 1. The third-order valence-electron chi connectivity index (χ3n) is 6.27. The lowest BCUT2D eigenvalue weighted by atomic mass is 9.80. The molecule has 2 unspecified atom stereocenters. The van der Waals surface area contributed by atoms with Crippen LogP contribution in [0.2, 0.25) is 0 Å². The van der Waals surface area contributed by atoms with E-state index >= 15 is 0 Å². The maximum absolute atomic E-state index is 10.3. The Hall–Kier alpha value is -2.52. The molecule has 138 valence electrons. The van der Waals surface area contributed by atoms with Crippen molar-refractivity contribution in [3.8, 4) is 5.75 Å². The van der Waals surface area contributed by atoms with Gasteiger partial charge in [-0.25, -0.2) is 0 Å². The molecule has 1 aliphatic heterocycles. The maximum Gasteiger partial charge on any atom is 0.125 e. The first-order valence-electron chi connectivity index (χ1n) is 10.1. The number of H-pyrrole nitrogens is 1. The molecule has 0 bridgehead atoms. The van der Waals surface area contributed by atoms with Gasteiger partial charge in [-0.3, -0.25) is 0 Å².